The van der Waals surface area contributed by atoms with Crippen molar-refractivity contribution in [1.29, 1.82) is 0 Å². The van der Waals surface area contributed by atoms with E-state index >= 15 is 0 Å². The number of hydrogen-bond acceptors (Lipinski definition) is 3. The van der Waals surface area contributed by atoms with Crippen LogP contribution in [-0.2, 0) is 22.6 Å². The quantitative estimate of drug-likeness (QED) is 0.761. The number of benzene rings is 1. The smallest absolute Gasteiger partial charge is 0.134 e. The van der Waals surface area contributed by atoms with Crippen molar-refractivity contribution in [2.24, 2.45) is 5.90 Å². The van der Waals surface area contributed by atoms with Crippen molar-refractivity contribution in [2.75, 3.05) is 13.7 Å². The van der Waals surface area contributed by atoms with Crippen LogP contribution in [0.15, 0.2) is 12.1 Å². The van der Waals surface area contributed by atoms with Gasteiger partial charge in [0.05, 0.1) is 13.2 Å². The Kier molecular flexibility index (Phi) is 4.61. The molecule has 0 aliphatic carbocycles. The zero-order chi connectivity index (χ0) is 11.3. The third-order valence-corrected chi connectivity index (χ3v) is 2.04. The summed E-state index contributed by atoms with van der Waals surface area (Å²) in [6.07, 6.45) is 0.103. The molecule has 3 nitrogen and oxygen atoms in total. The van der Waals surface area contributed by atoms with Gasteiger partial charge in [0.25, 0.3) is 0 Å². The average Bonchev–Trinajstić information content (AvgIpc) is 2.22. The van der Waals surface area contributed by atoms with Gasteiger partial charge in [-0.25, -0.2) is 14.7 Å². The molecule has 1 aromatic rings. The van der Waals surface area contributed by atoms with E-state index in [-0.39, 0.29) is 25.2 Å². The maximum atomic E-state index is 13.6. The highest BCUT2D eigenvalue weighted by atomic mass is 19.1. The van der Waals surface area contributed by atoms with Crippen molar-refractivity contribution in [3.63, 3.8) is 0 Å². The van der Waals surface area contributed by atoms with Gasteiger partial charge in [-0.1, -0.05) is 6.07 Å². The van der Waals surface area contributed by atoms with E-state index in [2.05, 4.69) is 4.84 Å². The minimum absolute atomic E-state index is 0.0185. The first kappa shape index (κ1) is 12.0. The summed E-state index contributed by atoms with van der Waals surface area (Å²) in [5.74, 6) is 3.62. The standard InChI is InChI=1S/C10H13F2NO2/c1-14-6-7-2-3-9(11)8(10(7)12)4-5-15-13/h2-3H,4-6,13H2,1H3. The Bertz CT molecular complexity index is 331. The SMILES string of the molecule is COCc1ccc(F)c(CCON)c1F. The van der Waals surface area contributed by atoms with Crippen LogP contribution in [0.5, 0.6) is 0 Å². The molecule has 5 heteroatoms. The average molecular weight is 217 g/mol. The molecule has 15 heavy (non-hydrogen) atoms. The van der Waals surface area contributed by atoms with Gasteiger partial charge >= 0.3 is 0 Å². The second-order valence-corrected chi connectivity index (χ2v) is 3.05. The van der Waals surface area contributed by atoms with Gasteiger partial charge < -0.3 is 9.57 Å². The summed E-state index contributed by atoms with van der Waals surface area (Å²) in [6, 6.07) is 2.57. The third-order valence-electron chi connectivity index (χ3n) is 2.04. The molecular weight excluding hydrogens is 204 g/mol. The Morgan fingerprint density at radius 2 is 2.07 bits per heavy atom. The molecular formula is C10H13F2NO2. The number of hydrogen-bond donors (Lipinski definition) is 1. The fourth-order valence-corrected chi connectivity index (χ4v) is 1.30. The minimum atomic E-state index is -0.593. The lowest BCUT2D eigenvalue weighted by atomic mass is 10.1. The van der Waals surface area contributed by atoms with Crippen molar-refractivity contribution in [3.8, 4) is 0 Å². The van der Waals surface area contributed by atoms with Crippen LogP contribution in [0.1, 0.15) is 11.1 Å². The molecule has 0 radical (unpaired) electrons. The summed E-state index contributed by atoms with van der Waals surface area (Å²) in [6.45, 7) is 0.187. The van der Waals surface area contributed by atoms with Crippen LogP contribution in [0.3, 0.4) is 0 Å². The molecule has 0 aromatic heterocycles. The number of halogens is 2. The Balaban J connectivity index is 2.95. The van der Waals surface area contributed by atoms with E-state index in [4.69, 9.17) is 10.6 Å². The third kappa shape index (κ3) is 2.95. The molecule has 0 spiro atoms. The zero-order valence-electron chi connectivity index (χ0n) is 8.43. The highest BCUT2D eigenvalue weighted by Crippen LogP contribution is 2.18. The fourth-order valence-electron chi connectivity index (χ4n) is 1.30. The minimum Gasteiger partial charge on any atom is -0.380 e. The number of nitrogens with two attached hydrogens (primary N) is 1. The molecule has 0 aliphatic heterocycles. The van der Waals surface area contributed by atoms with Crippen molar-refractivity contribution in [3.05, 3.63) is 34.9 Å². The monoisotopic (exact) mass is 217 g/mol. The summed E-state index contributed by atoms with van der Waals surface area (Å²) in [7, 11) is 1.45. The summed E-state index contributed by atoms with van der Waals surface area (Å²) in [4.78, 5) is 4.29. The van der Waals surface area contributed by atoms with Gasteiger partial charge in [-0.05, 0) is 6.07 Å². The lowest BCUT2D eigenvalue weighted by molar-refractivity contribution is 0.139. The first-order valence-corrected chi connectivity index (χ1v) is 4.47. The molecule has 1 rings (SSSR count). The van der Waals surface area contributed by atoms with Crippen molar-refractivity contribution in [1.82, 2.24) is 0 Å². The normalized spacial score (nSPS) is 10.7. The van der Waals surface area contributed by atoms with E-state index in [1.165, 1.54) is 19.2 Å². The summed E-state index contributed by atoms with van der Waals surface area (Å²) >= 11 is 0. The molecule has 0 heterocycles. The molecule has 1 aromatic carbocycles. The fraction of sp³-hybridized carbons (Fsp3) is 0.400. The van der Waals surface area contributed by atoms with Gasteiger partial charge in [0, 0.05) is 24.7 Å². The van der Waals surface area contributed by atoms with Crippen LogP contribution in [-0.4, -0.2) is 13.7 Å². The van der Waals surface area contributed by atoms with Gasteiger partial charge in [0.1, 0.15) is 11.6 Å². The number of rotatable bonds is 5. The molecule has 0 aliphatic rings. The zero-order valence-corrected chi connectivity index (χ0v) is 8.43. The highest BCUT2D eigenvalue weighted by Gasteiger charge is 2.13. The molecule has 0 saturated heterocycles. The lowest BCUT2D eigenvalue weighted by Gasteiger charge is -2.08. The van der Waals surface area contributed by atoms with Gasteiger partial charge in [0.2, 0.25) is 0 Å². The number of ether oxygens (including phenoxy) is 1. The molecule has 2 N–H and O–H groups in total. The van der Waals surface area contributed by atoms with E-state index < -0.39 is 11.6 Å². The van der Waals surface area contributed by atoms with E-state index in [0.29, 0.717) is 5.56 Å². The van der Waals surface area contributed by atoms with E-state index in [9.17, 15) is 8.78 Å². The van der Waals surface area contributed by atoms with Gasteiger partial charge in [-0.15, -0.1) is 0 Å². The second kappa shape index (κ2) is 5.75. The van der Waals surface area contributed by atoms with Gasteiger partial charge in [-0.3, -0.25) is 0 Å². The van der Waals surface area contributed by atoms with Gasteiger partial charge in [-0.2, -0.15) is 0 Å². The lowest BCUT2D eigenvalue weighted by Crippen LogP contribution is -2.08. The van der Waals surface area contributed by atoms with Crippen molar-refractivity contribution >= 4 is 0 Å². The Labute approximate surface area is 86.7 Å². The Hall–Kier alpha value is -1.04. The van der Waals surface area contributed by atoms with Crippen LogP contribution < -0.4 is 5.90 Å². The summed E-state index contributed by atoms with van der Waals surface area (Å²) in [5, 5.41) is 0. The molecule has 0 saturated carbocycles. The highest BCUT2D eigenvalue weighted by molar-refractivity contribution is 5.27. The molecule has 0 amide bonds. The predicted octanol–water partition coefficient (Wildman–Crippen LogP) is 1.54. The van der Waals surface area contributed by atoms with Crippen LogP contribution in [0.25, 0.3) is 0 Å². The maximum Gasteiger partial charge on any atom is 0.134 e. The van der Waals surface area contributed by atoms with Gasteiger partial charge in [0.15, 0.2) is 0 Å². The molecule has 0 atom stereocenters. The van der Waals surface area contributed by atoms with E-state index in [1.807, 2.05) is 0 Å². The largest absolute Gasteiger partial charge is 0.380 e. The first-order valence-electron chi connectivity index (χ1n) is 4.47. The molecule has 0 bridgehead atoms. The van der Waals surface area contributed by atoms with E-state index in [0.717, 1.165) is 0 Å². The predicted molar refractivity (Wildman–Crippen MR) is 50.9 cm³/mol. The van der Waals surface area contributed by atoms with Crippen molar-refractivity contribution < 1.29 is 18.4 Å². The van der Waals surface area contributed by atoms with Crippen LogP contribution in [0, 0.1) is 11.6 Å². The summed E-state index contributed by atoms with van der Waals surface area (Å²) in [5.41, 5.74) is 0.306. The first-order chi connectivity index (χ1) is 7.20. The Morgan fingerprint density at radius 3 is 2.67 bits per heavy atom. The molecule has 0 unspecified atom stereocenters. The second-order valence-electron chi connectivity index (χ2n) is 3.05. The topological polar surface area (TPSA) is 44.5 Å². The maximum absolute atomic E-state index is 13.6. The Morgan fingerprint density at radius 1 is 1.33 bits per heavy atom. The molecule has 84 valence electrons. The van der Waals surface area contributed by atoms with E-state index in [1.54, 1.807) is 0 Å². The van der Waals surface area contributed by atoms with Crippen LogP contribution in [0.2, 0.25) is 0 Å². The van der Waals surface area contributed by atoms with Crippen LogP contribution in [0.4, 0.5) is 8.78 Å². The van der Waals surface area contributed by atoms with Crippen molar-refractivity contribution in [2.45, 2.75) is 13.0 Å². The molecule has 0 fully saturated rings. The van der Waals surface area contributed by atoms with Crippen LogP contribution >= 0.6 is 0 Å². The number of methoxy groups -OCH3 is 1. The summed E-state index contributed by atoms with van der Waals surface area (Å²) < 4.78 is 31.6.